The van der Waals surface area contributed by atoms with Gasteiger partial charge in [0.05, 0.1) is 28.8 Å². The van der Waals surface area contributed by atoms with Gasteiger partial charge >= 0.3 is 0 Å². The van der Waals surface area contributed by atoms with Gasteiger partial charge in [0.2, 0.25) is 0 Å². The maximum absolute atomic E-state index is 6.34. The molecule has 0 saturated heterocycles. The van der Waals surface area contributed by atoms with Crippen molar-refractivity contribution >= 4 is 28.2 Å². The number of aromatic nitrogens is 4. The number of imidazole rings is 1. The second kappa shape index (κ2) is 5.71. The van der Waals surface area contributed by atoms with Gasteiger partial charge in [-0.2, -0.15) is 0 Å². The zero-order valence-electron chi connectivity index (χ0n) is 14.1. The fraction of sp³-hybridized carbons (Fsp3) is 0.0476. The van der Waals surface area contributed by atoms with Gasteiger partial charge < -0.3 is 4.57 Å². The molecular formula is C21H15ClN4. The second-order valence-corrected chi connectivity index (χ2v) is 6.73. The standard InChI is InChI=1S/C21H15ClN4/c1-25-9-8-15-10-14(6-7-19(15)25)20-11-24-21-12-23-18(13-26(20)21)16-4-2-3-5-17(16)22/h2-13H,1H3. The quantitative estimate of drug-likeness (QED) is 0.434. The Bertz CT molecular complexity index is 1270. The van der Waals surface area contributed by atoms with Crippen molar-refractivity contribution in [3.63, 3.8) is 0 Å². The minimum absolute atomic E-state index is 0.687. The molecule has 126 valence electrons. The number of fused-ring (bicyclic) bond motifs is 2. The molecule has 3 aromatic heterocycles. The van der Waals surface area contributed by atoms with Crippen LogP contribution in [0, 0.1) is 0 Å². The van der Waals surface area contributed by atoms with Gasteiger partial charge in [-0.25, -0.2) is 4.98 Å². The third-order valence-electron chi connectivity index (χ3n) is 4.73. The van der Waals surface area contributed by atoms with Crippen LogP contribution >= 0.6 is 11.6 Å². The molecule has 0 radical (unpaired) electrons. The van der Waals surface area contributed by atoms with Crippen LogP contribution in [0.15, 0.2) is 73.3 Å². The molecule has 0 N–H and O–H groups in total. The summed E-state index contributed by atoms with van der Waals surface area (Å²) in [4.78, 5) is 9.03. The highest BCUT2D eigenvalue weighted by molar-refractivity contribution is 6.33. The fourth-order valence-electron chi connectivity index (χ4n) is 3.35. The molecule has 0 spiro atoms. The number of rotatable bonds is 2. The Balaban J connectivity index is 1.70. The minimum atomic E-state index is 0.687. The molecule has 0 aliphatic rings. The second-order valence-electron chi connectivity index (χ2n) is 6.32. The predicted molar refractivity (Wildman–Crippen MR) is 105 cm³/mol. The van der Waals surface area contributed by atoms with Gasteiger partial charge in [-0.1, -0.05) is 35.9 Å². The maximum atomic E-state index is 6.34. The SMILES string of the molecule is Cn1ccc2cc(-c3cnc4cnc(-c5ccccc5Cl)cn34)ccc21. The number of hydrogen-bond acceptors (Lipinski definition) is 2. The highest BCUT2D eigenvalue weighted by Crippen LogP contribution is 2.29. The van der Waals surface area contributed by atoms with Crippen molar-refractivity contribution in [2.75, 3.05) is 0 Å². The van der Waals surface area contributed by atoms with E-state index in [9.17, 15) is 0 Å². The van der Waals surface area contributed by atoms with Gasteiger partial charge in [0, 0.05) is 41.5 Å². The first kappa shape index (κ1) is 15.2. The minimum Gasteiger partial charge on any atom is -0.351 e. The van der Waals surface area contributed by atoms with E-state index in [4.69, 9.17) is 11.6 Å². The lowest BCUT2D eigenvalue weighted by atomic mass is 10.1. The first-order valence-corrected chi connectivity index (χ1v) is 8.72. The molecule has 0 unspecified atom stereocenters. The van der Waals surface area contributed by atoms with Crippen LogP contribution < -0.4 is 0 Å². The van der Waals surface area contributed by atoms with E-state index in [1.807, 2.05) is 36.7 Å². The van der Waals surface area contributed by atoms with Crippen molar-refractivity contribution in [3.8, 4) is 22.5 Å². The van der Waals surface area contributed by atoms with E-state index in [0.717, 1.165) is 28.2 Å². The smallest absolute Gasteiger partial charge is 0.155 e. The molecule has 5 aromatic rings. The highest BCUT2D eigenvalue weighted by Gasteiger charge is 2.11. The Hall–Kier alpha value is -3.11. The summed E-state index contributed by atoms with van der Waals surface area (Å²) >= 11 is 6.34. The number of benzene rings is 2. The lowest BCUT2D eigenvalue weighted by molar-refractivity contribution is 0.969. The summed E-state index contributed by atoms with van der Waals surface area (Å²) in [6.07, 6.45) is 7.73. The van der Waals surface area contributed by atoms with E-state index in [1.54, 1.807) is 6.20 Å². The third kappa shape index (κ3) is 2.30. The van der Waals surface area contributed by atoms with Crippen molar-refractivity contribution in [1.82, 2.24) is 18.9 Å². The maximum Gasteiger partial charge on any atom is 0.155 e. The summed E-state index contributed by atoms with van der Waals surface area (Å²) in [6.45, 7) is 0. The molecule has 5 rings (SSSR count). The Morgan fingerprint density at radius 3 is 2.73 bits per heavy atom. The number of aryl methyl sites for hydroxylation is 1. The van der Waals surface area contributed by atoms with Crippen molar-refractivity contribution in [1.29, 1.82) is 0 Å². The molecule has 4 nitrogen and oxygen atoms in total. The molecule has 3 heterocycles. The van der Waals surface area contributed by atoms with Gasteiger partial charge in [-0.05, 0) is 24.3 Å². The van der Waals surface area contributed by atoms with Gasteiger partial charge in [0.1, 0.15) is 0 Å². The van der Waals surface area contributed by atoms with Gasteiger partial charge in [-0.15, -0.1) is 0 Å². The lowest BCUT2D eigenvalue weighted by Gasteiger charge is -2.07. The molecular weight excluding hydrogens is 344 g/mol. The molecule has 0 amide bonds. The van der Waals surface area contributed by atoms with Crippen LogP contribution in [0.2, 0.25) is 5.02 Å². The molecule has 0 bridgehead atoms. The van der Waals surface area contributed by atoms with Gasteiger partial charge in [-0.3, -0.25) is 9.38 Å². The molecule has 5 heteroatoms. The fourth-order valence-corrected chi connectivity index (χ4v) is 3.58. The first-order chi connectivity index (χ1) is 12.7. The topological polar surface area (TPSA) is 35.1 Å². The first-order valence-electron chi connectivity index (χ1n) is 8.34. The van der Waals surface area contributed by atoms with Crippen LogP contribution in [0.3, 0.4) is 0 Å². The van der Waals surface area contributed by atoms with Crippen molar-refractivity contribution < 1.29 is 0 Å². The van der Waals surface area contributed by atoms with Crippen molar-refractivity contribution in [2.45, 2.75) is 0 Å². The molecule has 0 aliphatic heterocycles. The Morgan fingerprint density at radius 1 is 0.962 bits per heavy atom. The van der Waals surface area contributed by atoms with Crippen LogP contribution in [0.5, 0.6) is 0 Å². The molecule has 0 aliphatic carbocycles. The monoisotopic (exact) mass is 358 g/mol. The summed E-state index contributed by atoms with van der Waals surface area (Å²) in [6, 6.07) is 16.3. The summed E-state index contributed by atoms with van der Waals surface area (Å²) in [7, 11) is 2.05. The molecule has 0 atom stereocenters. The molecule has 0 fully saturated rings. The van der Waals surface area contributed by atoms with Crippen LogP contribution in [0.25, 0.3) is 39.1 Å². The average Bonchev–Trinajstić information content (AvgIpc) is 3.25. The summed E-state index contributed by atoms with van der Waals surface area (Å²) < 4.78 is 4.18. The molecule has 0 saturated carbocycles. The van der Waals surface area contributed by atoms with E-state index < -0.39 is 0 Å². The zero-order chi connectivity index (χ0) is 17.7. The normalized spacial score (nSPS) is 11.5. The van der Waals surface area contributed by atoms with Gasteiger partial charge in [0.25, 0.3) is 0 Å². The van der Waals surface area contributed by atoms with Crippen LogP contribution in [0.1, 0.15) is 0 Å². The zero-order valence-corrected chi connectivity index (χ0v) is 14.9. The Morgan fingerprint density at radius 2 is 1.85 bits per heavy atom. The van der Waals surface area contributed by atoms with E-state index in [1.165, 1.54) is 10.9 Å². The van der Waals surface area contributed by atoms with E-state index in [2.05, 4.69) is 56.4 Å². The largest absolute Gasteiger partial charge is 0.351 e. The van der Waals surface area contributed by atoms with E-state index >= 15 is 0 Å². The van der Waals surface area contributed by atoms with E-state index in [0.29, 0.717) is 5.02 Å². The molecule has 26 heavy (non-hydrogen) atoms. The van der Waals surface area contributed by atoms with Crippen molar-refractivity contribution in [2.24, 2.45) is 7.05 Å². The lowest BCUT2D eigenvalue weighted by Crippen LogP contribution is -1.93. The highest BCUT2D eigenvalue weighted by atomic mass is 35.5. The van der Waals surface area contributed by atoms with Crippen LogP contribution in [0.4, 0.5) is 0 Å². The Kier molecular flexibility index (Phi) is 3.33. The number of halogens is 1. The third-order valence-corrected chi connectivity index (χ3v) is 5.06. The number of hydrogen-bond donors (Lipinski definition) is 0. The number of nitrogens with zero attached hydrogens (tertiary/aromatic N) is 4. The van der Waals surface area contributed by atoms with Crippen molar-refractivity contribution in [3.05, 3.63) is 78.3 Å². The van der Waals surface area contributed by atoms with Gasteiger partial charge in [0.15, 0.2) is 5.65 Å². The van der Waals surface area contributed by atoms with Crippen LogP contribution in [-0.4, -0.2) is 18.9 Å². The Labute approximate surface area is 155 Å². The summed E-state index contributed by atoms with van der Waals surface area (Å²) in [5.41, 5.74) is 5.90. The summed E-state index contributed by atoms with van der Waals surface area (Å²) in [5, 5.41) is 1.90. The average molecular weight is 359 g/mol. The van der Waals surface area contributed by atoms with E-state index in [-0.39, 0.29) is 0 Å². The summed E-state index contributed by atoms with van der Waals surface area (Å²) in [5.74, 6) is 0. The van der Waals surface area contributed by atoms with Crippen LogP contribution in [-0.2, 0) is 7.05 Å². The predicted octanol–water partition coefficient (Wildman–Crippen LogP) is 5.21. The molecule has 2 aromatic carbocycles.